The van der Waals surface area contributed by atoms with E-state index in [1.807, 2.05) is 0 Å². The molecule has 0 atom stereocenters. The molecule has 2 amide bonds. The first kappa shape index (κ1) is 15.8. The molecular formula is C12H13ClN2O5. The Morgan fingerprint density at radius 1 is 1.35 bits per heavy atom. The molecule has 1 aromatic carbocycles. The van der Waals surface area contributed by atoms with Crippen molar-refractivity contribution in [2.45, 2.75) is 6.42 Å². The van der Waals surface area contributed by atoms with Crippen LogP contribution in [0.3, 0.4) is 0 Å². The molecule has 0 saturated carbocycles. The maximum atomic E-state index is 11.5. The summed E-state index contributed by atoms with van der Waals surface area (Å²) in [6, 6.07) is 3.52. The zero-order valence-electron chi connectivity index (χ0n) is 10.6. The van der Waals surface area contributed by atoms with Gasteiger partial charge in [0.05, 0.1) is 24.1 Å². The van der Waals surface area contributed by atoms with Gasteiger partial charge in [0.2, 0.25) is 0 Å². The van der Waals surface area contributed by atoms with Crippen LogP contribution in [-0.4, -0.2) is 36.7 Å². The number of benzene rings is 1. The summed E-state index contributed by atoms with van der Waals surface area (Å²) in [5.74, 6) is -1.63. The first-order chi connectivity index (χ1) is 9.43. The number of carbonyl (C=O) groups is 3. The normalized spacial score (nSPS) is 9.70. The second-order valence-corrected chi connectivity index (χ2v) is 4.11. The van der Waals surface area contributed by atoms with Crippen LogP contribution < -0.4 is 10.6 Å². The van der Waals surface area contributed by atoms with Gasteiger partial charge in [0.25, 0.3) is 0 Å². The summed E-state index contributed by atoms with van der Waals surface area (Å²) in [5, 5.41) is 13.8. The van der Waals surface area contributed by atoms with Crippen LogP contribution in [0.2, 0.25) is 5.02 Å². The van der Waals surface area contributed by atoms with Crippen molar-refractivity contribution in [3.8, 4) is 0 Å². The smallest absolute Gasteiger partial charge is 0.337 e. The Balaban J connectivity index is 2.56. The highest BCUT2D eigenvalue weighted by molar-refractivity contribution is 6.33. The first-order valence-electron chi connectivity index (χ1n) is 5.58. The number of amides is 2. The molecule has 0 aliphatic heterocycles. The second kappa shape index (κ2) is 7.34. The van der Waals surface area contributed by atoms with Crippen molar-refractivity contribution < 1.29 is 24.2 Å². The number of aromatic carboxylic acids is 1. The van der Waals surface area contributed by atoms with Gasteiger partial charge in [-0.25, -0.2) is 9.59 Å². The molecule has 8 heteroatoms. The van der Waals surface area contributed by atoms with Crippen molar-refractivity contribution in [2.75, 3.05) is 19.0 Å². The molecule has 0 saturated heterocycles. The maximum Gasteiger partial charge on any atom is 0.337 e. The van der Waals surface area contributed by atoms with E-state index in [1.54, 1.807) is 0 Å². The number of esters is 1. The van der Waals surface area contributed by atoms with E-state index < -0.39 is 18.0 Å². The number of carboxylic acid groups (broad SMARTS) is 1. The molecule has 0 radical (unpaired) electrons. The molecule has 0 heterocycles. The molecule has 7 nitrogen and oxygen atoms in total. The predicted molar refractivity (Wildman–Crippen MR) is 72.1 cm³/mol. The van der Waals surface area contributed by atoms with Gasteiger partial charge in [-0.15, -0.1) is 0 Å². The molecular weight excluding hydrogens is 288 g/mol. The number of hydrogen-bond donors (Lipinski definition) is 3. The Morgan fingerprint density at radius 2 is 2.05 bits per heavy atom. The van der Waals surface area contributed by atoms with Crippen LogP contribution in [0.15, 0.2) is 18.2 Å². The van der Waals surface area contributed by atoms with Gasteiger partial charge in [0.1, 0.15) is 0 Å². The predicted octanol–water partition coefficient (Wildman–Crippen LogP) is 1.72. The Morgan fingerprint density at radius 3 is 2.65 bits per heavy atom. The lowest BCUT2D eigenvalue weighted by Gasteiger charge is -2.08. The summed E-state index contributed by atoms with van der Waals surface area (Å²) in [6.07, 6.45) is 0.0465. The van der Waals surface area contributed by atoms with Gasteiger partial charge in [-0.05, 0) is 18.2 Å². The van der Waals surface area contributed by atoms with Gasteiger partial charge in [-0.1, -0.05) is 11.6 Å². The van der Waals surface area contributed by atoms with Gasteiger partial charge in [-0.3, -0.25) is 4.79 Å². The van der Waals surface area contributed by atoms with Gasteiger partial charge < -0.3 is 20.5 Å². The number of halogens is 1. The molecule has 0 unspecified atom stereocenters. The molecule has 0 fully saturated rings. The zero-order valence-corrected chi connectivity index (χ0v) is 11.4. The minimum absolute atomic E-state index is 0.0465. The van der Waals surface area contributed by atoms with E-state index in [0.717, 1.165) is 0 Å². The number of rotatable bonds is 5. The number of urea groups is 1. The summed E-state index contributed by atoms with van der Waals surface area (Å²) in [7, 11) is 1.25. The van der Waals surface area contributed by atoms with E-state index in [9.17, 15) is 14.4 Å². The molecule has 0 bridgehead atoms. The van der Waals surface area contributed by atoms with E-state index in [2.05, 4.69) is 15.4 Å². The number of hydrogen-bond acceptors (Lipinski definition) is 4. The van der Waals surface area contributed by atoms with Crippen LogP contribution in [0.25, 0.3) is 0 Å². The number of nitrogens with one attached hydrogen (secondary N) is 2. The van der Waals surface area contributed by atoms with Crippen molar-refractivity contribution in [3.05, 3.63) is 28.8 Å². The van der Waals surface area contributed by atoms with Gasteiger partial charge in [0, 0.05) is 12.2 Å². The molecule has 0 aliphatic carbocycles. The van der Waals surface area contributed by atoms with Crippen LogP contribution in [0.4, 0.5) is 10.5 Å². The summed E-state index contributed by atoms with van der Waals surface area (Å²) in [4.78, 5) is 33.2. The van der Waals surface area contributed by atoms with Crippen molar-refractivity contribution in [1.82, 2.24) is 5.32 Å². The van der Waals surface area contributed by atoms with E-state index in [-0.39, 0.29) is 29.2 Å². The van der Waals surface area contributed by atoms with Crippen molar-refractivity contribution >= 4 is 35.3 Å². The maximum absolute atomic E-state index is 11.5. The minimum Gasteiger partial charge on any atom is -0.478 e. The van der Waals surface area contributed by atoms with E-state index in [0.29, 0.717) is 0 Å². The van der Waals surface area contributed by atoms with Gasteiger partial charge in [0.15, 0.2) is 0 Å². The summed E-state index contributed by atoms with van der Waals surface area (Å²) in [6.45, 7) is 0.109. The fraction of sp³-hybridized carbons (Fsp3) is 0.250. The quantitative estimate of drug-likeness (QED) is 0.718. The number of ether oxygens (including phenoxy) is 1. The Hall–Kier alpha value is -2.28. The molecule has 3 N–H and O–H groups in total. The third kappa shape index (κ3) is 4.77. The molecule has 0 aromatic heterocycles. The highest BCUT2D eigenvalue weighted by atomic mass is 35.5. The fourth-order valence-electron chi connectivity index (χ4n) is 1.32. The average Bonchev–Trinajstić information content (AvgIpc) is 2.40. The van der Waals surface area contributed by atoms with E-state index >= 15 is 0 Å². The monoisotopic (exact) mass is 300 g/mol. The lowest BCUT2D eigenvalue weighted by atomic mass is 10.2. The lowest BCUT2D eigenvalue weighted by molar-refractivity contribution is -0.140. The second-order valence-electron chi connectivity index (χ2n) is 3.71. The Labute approximate surface area is 119 Å². The van der Waals surface area contributed by atoms with Gasteiger partial charge >= 0.3 is 18.0 Å². The molecule has 108 valence electrons. The molecule has 0 spiro atoms. The lowest BCUT2D eigenvalue weighted by Crippen LogP contribution is -2.30. The topological polar surface area (TPSA) is 105 Å². The van der Waals surface area contributed by atoms with Crippen molar-refractivity contribution in [1.29, 1.82) is 0 Å². The summed E-state index contributed by atoms with van der Waals surface area (Å²) in [5.41, 5.74) is 0.168. The van der Waals surface area contributed by atoms with Crippen LogP contribution in [0.5, 0.6) is 0 Å². The number of methoxy groups -OCH3 is 1. The SMILES string of the molecule is COC(=O)CCNC(=O)Nc1ccc(Cl)c(C(=O)O)c1. The largest absolute Gasteiger partial charge is 0.478 e. The van der Waals surface area contributed by atoms with E-state index in [1.165, 1.54) is 25.3 Å². The third-order valence-corrected chi connectivity index (χ3v) is 2.63. The summed E-state index contributed by atoms with van der Waals surface area (Å²) < 4.78 is 4.41. The zero-order chi connectivity index (χ0) is 15.1. The standard InChI is InChI=1S/C12H13ClN2O5/c1-20-10(16)4-5-14-12(19)15-7-2-3-9(13)8(6-7)11(17)18/h2-3,6H,4-5H2,1H3,(H,17,18)(H2,14,15,19). The number of carbonyl (C=O) groups excluding carboxylic acids is 2. The van der Waals surface area contributed by atoms with Crippen molar-refractivity contribution in [3.63, 3.8) is 0 Å². The van der Waals surface area contributed by atoms with Crippen molar-refractivity contribution in [2.24, 2.45) is 0 Å². The highest BCUT2D eigenvalue weighted by Crippen LogP contribution is 2.20. The van der Waals surface area contributed by atoms with Gasteiger partial charge in [-0.2, -0.15) is 0 Å². The van der Waals surface area contributed by atoms with Crippen LogP contribution >= 0.6 is 11.6 Å². The van der Waals surface area contributed by atoms with Crippen LogP contribution in [0, 0.1) is 0 Å². The molecule has 0 aliphatic rings. The fourth-order valence-corrected chi connectivity index (χ4v) is 1.52. The number of anilines is 1. The summed E-state index contributed by atoms with van der Waals surface area (Å²) >= 11 is 5.70. The Bertz CT molecular complexity index is 533. The Kier molecular flexibility index (Phi) is 5.79. The minimum atomic E-state index is -1.19. The number of carboxylic acids is 1. The third-order valence-electron chi connectivity index (χ3n) is 2.30. The highest BCUT2D eigenvalue weighted by Gasteiger charge is 2.11. The van der Waals surface area contributed by atoms with Crippen LogP contribution in [0.1, 0.15) is 16.8 Å². The van der Waals surface area contributed by atoms with E-state index in [4.69, 9.17) is 16.7 Å². The molecule has 1 aromatic rings. The molecule has 1 rings (SSSR count). The molecule has 20 heavy (non-hydrogen) atoms. The first-order valence-corrected chi connectivity index (χ1v) is 5.96. The van der Waals surface area contributed by atoms with Crippen LogP contribution in [-0.2, 0) is 9.53 Å². The average molecular weight is 301 g/mol.